The number of nitrogens with zero attached hydrogens (tertiary/aromatic N) is 3. The van der Waals surface area contributed by atoms with Crippen LogP contribution >= 0.6 is 0 Å². The lowest BCUT2D eigenvalue weighted by Crippen LogP contribution is -2.28. The van der Waals surface area contributed by atoms with Crippen LogP contribution in [-0.2, 0) is 5.41 Å². The third-order valence-electron chi connectivity index (χ3n) is 10.5. The molecule has 0 bridgehead atoms. The van der Waals surface area contributed by atoms with Crippen molar-refractivity contribution in [3.05, 3.63) is 154 Å². The van der Waals surface area contributed by atoms with E-state index in [2.05, 4.69) is 127 Å². The van der Waals surface area contributed by atoms with Crippen molar-refractivity contribution in [3.63, 3.8) is 0 Å². The van der Waals surface area contributed by atoms with Gasteiger partial charge in [-0.15, -0.1) is 0 Å². The molecular formula is C40H35N3. The second-order valence-electron chi connectivity index (χ2n) is 13.0. The van der Waals surface area contributed by atoms with Crippen molar-refractivity contribution in [2.75, 3.05) is 11.4 Å². The summed E-state index contributed by atoms with van der Waals surface area (Å²) in [6, 6.07) is 33.3. The number of allylic oxidation sites excluding steroid dienone is 5. The second kappa shape index (κ2) is 9.18. The van der Waals surface area contributed by atoms with Crippen LogP contribution in [0.1, 0.15) is 62.3 Å². The molecule has 3 nitrogen and oxygen atoms in total. The molecule has 0 saturated heterocycles. The van der Waals surface area contributed by atoms with Gasteiger partial charge in [-0.25, -0.2) is 0 Å². The number of rotatable bonds is 2. The second-order valence-corrected chi connectivity index (χ2v) is 13.0. The van der Waals surface area contributed by atoms with E-state index < -0.39 is 0 Å². The average molecular weight is 558 g/mol. The van der Waals surface area contributed by atoms with E-state index in [1.165, 1.54) is 67.6 Å². The van der Waals surface area contributed by atoms with Crippen molar-refractivity contribution in [2.45, 2.75) is 50.9 Å². The highest BCUT2D eigenvalue weighted by molar-refractivity contribution is 5.95. The van der Waals surface area contributed by atoms with E-state index in [-0.39, 0.29) is 5.41 Å². The van der Waals surface area contributed by atoms with Crippen LogP contribution < -0.4 is 4.90 Å². The Morgan fingerprint density at radius 1 is 0.767 bits per heavy atom. The standard InChI is InChI=1S/C40H35N3/c1-40(2)34-21-18-26-22-24-42(38(26)37(34)32-15-7-6-13-29(32)33-16-10-23-41-39(33)40)28-19-20-31-30-14-8-9-17-35(30)43(36(31)25-28)27-11-4-3-5-12-27/h3-17,19,23,25,31H,18,20-22,24H2,1-2H3. The molecule has 9 rings (SSSR count). The molecule has 43 heavy (non-hydrogen) atoms. The fourth-order valence-electron chi connectivity index (χ4n) is 8.49. The summed E-state index contributed by atoms with van der Waals surface area (Å²) in [5.74, 6) is 0.385. The first-order chi connectivity index (χ1) is 21.1. The first-order valence-corrected chi connectivity index (χ1v) is 15.8. The zero-order chi connectivity index (χ0) is 28.7. The topological polar surface area (TPSA) is 19.4 Å². The Labute approximate surface area is 254 Å². The SMILES string of the molecule is CC1(C)C2=C(C3=C(CC2)CCN3C2=CCC3C(=C2)N(c2ccccc2)c2ccccc23)c2ccccc2-c2cccnc21. The molecule has 3 heteroatoms. The maximum Gasteiger partial charge on any atom is 0.0579 e. The zero-order valence-electron chi connectivity index (χ0n) is 24.8. The van der Waals surface area contributed by atoms with E-state index in [4.69, 9.17) is 4.98 Å². The molecular weight excluding hydrogens is 522 g/mol. The Morgan fingerprint density at radius 3 is 2.42 bits per heavy atom. The van der Waals surface area contributed by atoms with Gasteiger partial charge < -0.3 is 9.80 Å². The summed E-state index contributed by atoms with van der Waals surface area (Å²) >= 11 is 0. The molecule has 1 atom stereocenters. The Hall–Kier alpha value is -4.63. The number of aromatic nitrogens is 1. The van der Waals surface area contributed by atoms with Crippen LogP contribution in [0.5, 0.6) is 0 Å². The molecule has 1 aromatic heterocycles. The Kier molecular flexibility index (Phi) is 5.32. The van der Waals surface area contributed by atoms with Crippen LogP contribution in [0, 0.1) is 0 Å². The number of anilines is 2. The van der Waals surface area contributed by atoms with E-state index in [1.54, 1.807) is 5.57 Å². The first-order valence-electron chi connectivity index (χ1n) is 15.8. The van der Waals surface area contributed by atoms with Gasteiger partial charge in [0, 0.05) is 63.7 Å². The van der Waals surface area contributed by atoms with Gasteiger partial charge in [-0.3, -0.25) is 4.98 Å². The molecule has 0 N–H and O–H groups in total. The summed E-state index contributed by atoms with van der Waals surface area (Å²) in [5, 5.41) is 0. The molecule has 0 saturated carbocycles. The quantitative estimate of drug-likeness (QED) is 0.245. The third-order valence-corrected chi connectivity index (χ3v) is 10.5. The number of pyridine rings is 1. The van der Waals surface area contributed by atoms with Crippen LogP contribution in [0.4, 0.5) is 11.4 Å². The predicted octanol–water partition coefficient (Wildman–Crippen LogP) is 9.65. The lowest BCUT2D eigenvalue weighted by Gasteiger charge is -2.36. The molecule has 3 heterocycles. The molecule has 1 unspecified atom stereocenters. The average Bonchev–Trinajstić information content (AvgIpc) is 3.62. The van der Waals surface area contributed by atoms with E-state index in [0.717, 1.165) is 32.2 Å². The third kappa shape index (κ3) is 3.51. The summed E-state index contributed by atoms with van der Waals surface area (Å²) < 4.78 is 0. The Balaban J connectivity index is 1.20. The maximum atomic E-state index is 5.02. The van der Waals surface area contributed by atoms with Crippen molar-refractivity contribution >= 4 is 16.9 Å². The summed E-state index contributed by atoms with van der Waals surface area (Å²) in [4.78, 5) is 10.2. The predicted molar refractivity (Wildman–Crippen MR) is 176 cm³/mol. The summed E-state index contributed by atoms with van der Waals surface area (Å²) in [7, 11) is 0. The minimum absolute atomic E-state index is 0.153. The normalized spacial score (nSPS) is 21.2. The van der Waals surface area contributed by atoms with Gasteiger partial charge in [0.2, 0.25) is 0 Å². The molecule has 5 aliphatic rings. The summed E-state index contributed by atoms with van der Waals surface area (Å²) in [5.41, 5.74) is 17.7. The maximum absolute atomic E-state index is 5.02. The fraction of sp³-hybridized carbons (Fsp3) is 0.225. The van der Waals surface area contributed by atoms with E-state index >= 15 is 0 Å². The Morgan fingerprint density at radius 2 is 1.53 bits per heavy atom. The minimum Gasteiger partial charge on any atom is -0.341 e. The summed E-state index contributed by atoms with van der Waals surface area (Å²) in [6.45, 7) is 5.82. The van der Waals surface area contributed by atoms with Gasteiger partial charge in [0.15, 0.2) is 0 Å². The molecule has 3 aromatic carbocycles. The highest BCUT2D eigenvalue weighted by atomic mass is 15.2. The smallest absolute Gasteiger partial charge is 0.0579 e. The van der Waals surface area contributed by atoms with Gasteiger partial charge in [-0.2, -0.15) is 0 Å². The van der Waals surface area contributed by atoms with Crippen molar-refractivity contribution in [2.24, 2.45) is 0 Å². The van der Waals surface area contributed by atoms with E-state index in [0.29, 0.717) is 5.92 Å². The number of benzene rings is 3. The number of hydrogen-bond acceptors (Lipinski definition) is 3. The van der Waals surface area contributed by atoms with Gasteiger partial charge in [0.1, 0.15) is 0 Å². The molecule has 0 amide bonds. The molecule has 0 fully saturated rings. The Bertz CT molecular complexity index is 1940. The van der Waals surface area contributed by atoms with Gasteiger partial charge in [0.25, 0.3) is 0 Å². The van der Waals surface area contributed by atoms with E-state index in [9.17, 15) is 0 Å². The molecule has 0 spiro atoms. The van der Waals surface area contributed by atoms with Crippen LogP contribution in [-0.4, -0.2) is 16.4 Å². The van der Waals surface area contributed by atoms with Crippen molar-refractivity contribution in [3.8, 4) is 11.1 Å². The molecule has 3 aliphatic carbocycles. The van der Waals surface area contributed by atoms with E-state index in [1.807, 2.05) is 6.20 Å². The first kappa shape index (κ1) is 24.9. The largest absolute Gasteiger partial charge is 0.341 e. The van der Waals surface area contributed by atoms with Crippen LogP contribution in [0.2, 0.25) is 0 Å². The molecule has 2 aliphatic heterocycles. The van der Waals surface area contributed by atoms with Crippen LogP contribution in [0.25, 0.3) is 16.7 Å². The fourth-order valence-corrected chi connectivity index (χ4v) is 8.49. The van der Waals surface area contributed by atoms with Crippen LogP contribution in [0.15, 0.2) is 138 Å². The highest BCUT2D eigenvalue weighted by Crippen LogP contribution is 2.56. The number of fused-ring (bicyclic) bond motifs is 8. The highest BCUT2D eigenvalue weighted by Gasteiger charge is 2.43. The molecule has 4 aromatic rings. The zero-order valence-corrected chi connectivity index (χ0v) is 24.8. The minimum atomic E-state index is -0.153. The van der Waals surface area contributed by atoms with Crippen LogP contribution in [0.3, 0.4) is 0 Å². The lowest BCUT2D eigenvalue weighted by atomic mass is 9.72. The van der Waals surface area contributed by atoms with Crippen molar-refractivity contribution in [1.82, 2.24) is 9.88 Å². The van der Waals surface area contributed by atoms with Gasteiger partial charge in [-0.1, -0.05) is 86.7 Å². The van der Waals surface area contributed by atoms with Crippen molar-refractivity contribution in [1.29, 1.82) is 0 Å². The van der Waals surface area contributed by atoms with Crippen molar-refractivity contribution < 1.29 is 0 Å². The lowest BCUT2D eigenvalue weighted by molar-refractivity contribution is 0.486. The monoisotopic (exact) mass is 557 g/mol. The van der Waals surface area contributed by atoms with Gasteiger partial charge in [-0.05, 0) is 83.9 Å². The van der Waals surface area contributed by atoms with Gasteiger partial charge in [0.05, 0.1) is 5.69 Å². The van der Waals surface area contributed by atoms with Gasteiger partial charge >= 0.3 is 0 Å². The summed E-state index contributed by atoms with van der Waals surface area (Å²) in [6.07, 6.45) is 11.4. The number of para-hydroxylation sites is 2. The molecule has 210 valence electrons. The molecule has 0 radical (unpaired) electrons. The number of hydrogen-bond donors (Lipinski definition) is 0.